The zero-order valence-corrected chi connectivity index (χ0v) is 13.2. The van der Waals surface area contributed by atoms with E-state index in [0.29, 0.717) is 6.54 Å². The zero-order chi connectivity index (χ0) is 15.5. The number of hydrogen-bond acceptors (Lipinski definition) is 4. The summed E-state index contributed by atoms with van der Waals surface area (Å²) in [7, 11) is -3.50. The van der Waals surface area contributed by atoms with Gasteiger partial charge in [-0.2, -0.15) is 0 Å². The summed E-state index contributed by atoms with van der Waals surface area (Å²) in [6.45, 7) is 2.33. The highest BCUT2D eigenvalue weighted by atomic mass is 35.5. The highest BCUT2D eigenvalue weighted by Gasteiger charge is 2.20. The maximum absolute atomic E-state index is 12.3. The van der Waals surface area contributed by atoms with Gasteiger partial charge in [-0.25, -0.2) is 13.2 Å². The third-order valence-electron chi connectivity index (χ3n) is 3.65. The Morgan fingerprint density at radius 2 is 1.90 bits per heavy atom. The highest BCUT2D eigenvalue weighted by molar-refractivity contribution is 7.91. The molecular formula is C14H18ClNO4S. The van der Waals surface area contributed by atoms with Gasteiger partial charge in [0.1, 0.15) is 0 Å². The van der Waals surface area contributed by atoms with Crippen LogP contribution in [0.4, 0.5) is 0 Å². The Labute approximate surface area is 129 Å². The molecule has 1 saturated heterocycles. The largest absolute Gasteiger partial charge is 0.478 e. The van der Waals surface area contributed by atoms with Crippen LogP contribution in [0.2, 0.25) is 5.02 Å². The predicted molar refractivity (Wildman–Crippen MR) is 80.8 cm³/mol. The molecule has 1 N–H and O–H groups in total. The first-order valence-electron chi connectivity index (χ1n) is 6.88. The van der Waals surface area contributed by atoms with Gasteiger partial charge in [0, 0.05) is 6.54 Å². The predicted octanol–water partition coefficient (Wildman–Crippen LogP) is 2.30. The molecule has 0 unspecified atom stereocenters. The lowest BCUT2D eigenvalue weighted by Crippen LogP contribution is -2.33. The number of rotatable bonds is 5. The molecule has 0 radical (unpaired) electrons. The van der Waals surface area contributed by atoms with Gasteiger partial charge in [0.2, 0.25) is 0 Å². The molecule has 7 heteroatoms. The van der Waals surface area contributed by atoms with Gasteiger partial charge in [0.15, 0.2) is 9.84 Å². The first kappa shape index (κ1) is 16.3. The van der Waals surface area contributed by atoms with E-state index in [0.717, 1.165) is 32.0 Å². The smallest absolute Gasteiger partial charge is 0.337 e. The summed E-state index contributed by atoms with van der Waals surface area (Å²) in [5, 5.41) is 9.04. The number of aromatic carboxylic acids is 1. The number of hydrogen-bond donors (Lipinski definition) is 1. The number of carboxylic acids is 1. The van der Waals surface area contributed by atoms with Crippen molar-refractivity contribution in [3.63, 3.8) is 0 Å². The molecule has 0 saturated carbocycles. The maximum Gasteiger partial charge on any atom is 0.337 e. The van der Waals surface area contributed by atoms with Crippen LogP contribution in [-0.2, 0) is 9.84 Å². The average Bonchev–Trinajstić information content (AvgIpc) is 2.46. The van der Waals surface area contributed by atoms with Crippen LogP contribution < -0.4 is 0 Å². The summed E-state index contributed by atoms with van der Waals surface area (Å²) in [5.74, 6) is -1.23. The van der Waals surface area contributed by atoms with Gasteiger partial charge in [-0.1, -0.05) is 18.0 Å². The molecule has 1 aliphatic rings. The number of carboxylic acid groups (broad SMARTS) is 1. The number of halogens is 1. The molecule has 2 rings (SSSR count). The van der Waals surface area contributed by atoms with Crippen molar-refractivity contribution in [2.45, 2.75) is 24.2 Å². The molecule has 0 atom stereocenters. The lowest BCUT2D eigenvalue weighted by atomic mass is 10.1. The quantitative estimate of drug-likeness (QED) is 0.896. The molecule has 0 aliphatic carbocycles. The first-order chi connectivity index (χ1) is 9.90. The van der Waals surface area contributed by atoms with Crippen molar-refractivity contribution in [2.75, 3.05) is 25.4 Å². The second-order valence-corrected chi connectivity index (χ2v) is 7.68. The van der Waals surface area contributed by atoms with E-state index in [4.69, 9.17) is 16.7 Å². The second-order valence-electron chi connectivity index (χ2n) is 5.17. The Hall–Kier alpha value is -1.11. The Bertz CT molecular complexity index is 624. The lowest BCUT2D eigenvalue weighted by molar-refractivity contribution is 0.0697. The van der Waals surface area contributed by atoms with Gasteiger partial charge in [0.25, 0.3) is 0 Å². The first-order valence-corrected chi connectivity index (χ1v) is 8.91. The summed E-state index contributed by atoms with van der Waals surface area (Å²) < 4.78 is 24.6. The molecule has 1 aliphatic heterocycles. The summed E-state index contributed by atoms with van der Waals surface area (Å²) in [6.07, 6.45) is 3.40. The molecule has 1 fully saturated rings. The van der Waals surface area contributed by atoms with E-state index in [2.05, 4.69) is 4.90 Å². The fourth-order valence-corrected chi connectivity index (χ4v) is 3.92. The van der Waals surface area contributed by atoms with E-state index < -0.39 is 15.8 Å². The number of piperidine rings is 1. The van der Waals surface area contributed by atoms with Crippen LogP contribution in [0.15, 0.2) is 23.1 Å². The van der Waals surface area contributed by atoms with Gasteiger partial charge >= 0.3 is 5.97 Å². The summed E-state index contributed by atoms with van der Waals surface area (Å²) in [4.78, 5) is 13.2. The summed E-state index contributed by atoms with van der Waals surface area (Å²) in [5.41, 5.74) is -0.185. The molecule has 1 heterocycles. The third-order valence-corrected chi connectivity index (χ3v) is 5.67. The van der Waals surface area contributed by atoms with Crippen molar-refractivity contribution in [1.82, 2.24) is 4.90 Å². The van der Waals surface area contributed by atoms with E-state index >= 15 is 0 Å². The van der Waals surface area contributed by atoms with E-state index in [9.17, 15) is 13.2 Å². The molecular weight excluding hydrogens is 314 g/mol. The summed E-state index contributed by atoms with van der Waals surface area (Å²) >= 11 is 5.76. The van der Waals surface area contributed by atoms with Crippen molar-refractivity contribution in [3.05, 3.63) is 28.8 Å². The van der Waals surface area contributed by atoms with E-state index in [1.165, 1.54) is 18.6 Å². The number of nitrogens with zero attached hydrogens (tertiary/aromatic N) is 1. The van der Waals surface area contributed by atoms with Crippen molar-refractivity contribution in [1.29, 1.82) is 0 Å². The lowest BCUT2D eigenvalue weighted by Gasteiger charge is -2.26. The molecule has 0 amide bonds. The minimum Gasteiger partial charge on any atom is -0.478 e. The van der Waals surface area contributed by atoms with Crippen LogP contribution in [0.3, 0.4) is 0 Å². The fourth-order valence-electron chi connectivity index (χ4n) is 2.41. The minimum atomic E-state index is -3.50. The van der Waals surface area contributed by atoms with Crippen LogP contribution >= 0.6 is 11.6 Å². The second kappa shape index (κ2) is 6.77. The van der Waals surface area contributed by atoms with Gasteiger partial charge in [-0.3, -0.25) is 0 Å². The standard InChI is InChI=1S/C14H18ClNO4S/c15-13-5-4-11(10-12(13)14(17)18)21(19,20)9-8-16-6-2-1-3-7-16/h4-5,10H,1-3,6-9H2,(H,17,18). The number of sulfone groups is 1. The van der Waals surface area contributed by atoms with Crippen LogP contribution in [0, 0.1) is 0 Å². The number of benzene rings is 1. The number of likely N-dealkylation sites (tertiary alicyclic amines) is 1. The van der Waals surface area contributed by atoms with E-state index in [1.54, 1.807) is 0 Å². The summed E-state index contributed by atoms with van der Waals surface area (Å²) in [6, 6.07) is 3.81. The molecule has 1 aromatic rings. The molecule has 5 nitrogen and oxygen atoms in total. The molecule has 21 heavy (non-hydrogen) atoms. The average molecular weight is 332 g/mol. The van der Waals surface area contributed by atoms with E-state index in [-0.39, 0.29) is 21.2 Å². The van der Waals surface area contributed by atoms with Crippen molar-refractivity contribution >= 4 is 27.4 Å². The maximum atomic E-state index is 12.3. The third kappa shape index (κ3) is 4.18. The van der Waals surface area contributed by atoms with Crippen molar-refractivity contribution in [3.8, 4) is 0 Å². The Balaban J connectivity index is 2.11. The zero-order valence-electron chi connectivity index (χ0n) is 11.6. The molecule has 0 aromatic heterocycles. The fraction of sp³-hybridized carbons (Fsp3) is 0.500. The Morgan fingerprint density at radius 1 is 1.24 bits per heavy atom. The van der Waals surface area contributed by atoms with Crippen LogP contribution in [0.1, 0.15) is 29.6 Å². The molecule has 116 valence electrons. The monoisotopic (exact) mass is 331 g/mol. The van der Waals surface area contributed by atoms with Crippen molar-refractivity contribution in [2.24, 2.45) is 0 Å². The SMILES string of the molecule is O=C(O)c1cc(S(=O)(=O)CCN2CCCCC2)ccc1Cl. The normalized spacial score (nSPS) is 16.8. The van der Waals surface area contributed by atoms with Crippen LogP contribution in [0.25, 0.3) is 0 Å². The Kier molecular flexibility index (Phi) is 5.24. The van der Waals surface area contributed by atoms with Gasteiger partial charge in [-0.05, 0) is 44.1 Å². The number of carbonyl (C=O) groups is 1. The van der Waals surface area contributed by atoms with Gasteiger partial charge in [0.05, 0.1) is 21.2 Å². The minimum absolute atomic E-state index is 0.00626. The van der Waals surface area contributed by atoms with Crippen LogP contribution in [0.5, 0.6) is 0 Å². The topological polar surface area (TPSA) is 74.7 Å². The Morgan fingerprint density at radius 3 is 2.52 bits per heavy atom. The van der Waals surface area contributed by atoms with E-state index in [1.807, 2.05) is 0 Å². The van der Waals surface area contributed by atoms with Crippen LogP contribution in [-0.4, -0.2) is 49.8 Å². The van der Waals surface area contributed by atoms with Gasteiger partial charge in [-0.15, -0.1) is 0 Å². The van der Waals surface area contributed by atoms with Gasteiger partial charge < -0.3 is 10.0 Å². The van der Waals surface area contributed by atoms with Crippen molar-refractivity contribution < 1.29 is 18.3 Å². The highest BCUT2D eigenvalue weighted by Crippen LogP contribution is 2.21. The molecule has 0 bridgehead atoms. The molecule has 1 aromatic carbocycles. The molecule has 0 spiro atoms.